The van der Waals surface area contributed by atoms with Gasteiger partial charge in [-0.05, 0) is 44.2 Å². The van der Waals surface area contributed by atoms with Gasteiger partial charge in [-0.2, -0.15) is 4.98 Å². The van der Waals surface area contributed by atoms with Crippen molar-refractivity contribution >= 4 is 11.3 Å². The van der Waals surface area contributed by atoms with E-state index in [1.165, 1.54) is 42.5 Å². The summed E-state index contributed by atoms with van der Waals surface area (Å²) in [5.74, 6) is 1.76. The lowest BCUT2D eigenvalue weighted by atomic mass is 10.1. The molecule has 0 amide bonds. The maximum Gasteiger partial charge on any atom is 0.268 e. The number of oxazole rings is 1. The van der Waals surface area contributed by atoms with E-state index in [4.69, 9.17) is 8.94 Å². The summed E-state index contributed by atoms with van der Waals surface area (Å²) < 4.78 is 10.6. The van der Waals surface area contributed by atoms with E-state index in [0.29, 0.717) is 23.2 Å². The van der Waals surface area contributed by atoms with E-state index >= 15 is 0 Å². The van der Waals surface area contributed by atoms with Crippen LogP contribution in [0.1, 0.15) is 35.5 Å². The molecule has 0 spiro atoms. The van der Waals surface area contributed by atoms with E-state index in [1.54, 1.807) is 11.3 Å². The summed E-state index contributed by atoms with van der Waals surface area (Å²) >= 11 is 1.78. The maximum atomic E-state index is 5.41. The number of thiophene rings is 1. The number of nitrogens with zero attached hydrogens (tertiary/aromatic N) is 3. The molecule has 21 heavy (non-hydrogen) atoms. The highest BCUT2D eigenvalue weighted by Gasteiger charge is 2.19. The molecule has 6 heteroatoms. The smallest absolute Gasteiger partial charge is 0.268 e. The Morgan fingerprint density at radius 1 is 1.19 bits per heavy atom. The molecule has 0 saturated heterocycles. The van der Waals surface area contributed by atoms with Crippen molar-refractivity contribution in [3.05, 3.63) is 28.7 Å². The van der Waals surface area contributed by atoms with Gasteiger partial charge in [0, 0.05) is 4.88 Å². The molecule has 3 aromatic rings. The van der Waals surface area contributed by atoms with Crippen molar-refractivity contribution in [1.82, 2.24) is 15.1 Å². The minimum absolute atomic E-state index is 0.486. The van der Waals surface area contributed by atoms with Gasteiger partial charge in [0.15, 0.2) is 12.1 Å². The Morgan fingerprint density at radius 3 is 2.95 bits per heavy atom. The Morgan fingerprint density at radius 2 is 2.10 bits per heavy atom. The van der Waals surface area contributed by atoms with Gasteiger partial charge in [0.25, 0.3) is 5.89 Å². The molecule has 4 rings (SSSR count). The van der Waals surface area contributed by atoms with Crippen LogP contribution in [0.3, 0.4) is 0 Å². The molecule has 0 radical (unpaired) electrons. The third-order valence-electron chi connectivity index (χ3n) is 3.84. The van der Waals surface area contributed by atoms with E-state index in [9.17, 15) is 0 Å². The summed E-state index contributed by atoms with van der Waals surface area (Å²) in [7, 11) is 0. The zero-order valence-corrected chi connectivity index (χ0v) is 12.6. The predicted molar refractivity (Wildman–Crippen MR) is 79.1 cm³/mol. The lowest BCUT2D eigenvalue weighted by Gasteiger charge is -1.92. The van der Waals surface area contributed by atoms with Gasteiger partial charge in [0.1, 0.15) is 5.76 Å². The molecule has 0 N–H and O–H groups in total. The van der Waals surface area contributed by atoms with E-state index < -0.39 is 0 Å². The molecule has 0 atom stereocenters. The second-order valence-electron chi connectivity index (χ2n) is 5.30. The van der Waals surface area contributed by atoms with Crippen LogP contribution in [0, 0.1) is 6.92 Å². The average molecular weight is 301 g/mol. The Hall–Kier alpha value is -1.95. The number of aryl methyl sites for hydroxylation is 3. The van der Waals surface area contributed by atoms with Crippen LogP contribution < -0.4 is 0 Å². The second-order valence-corrected chi connectivity index (χ2v) is 6.44. The van der Waals surface area contributed by atoms with Crippen molar-refractivity contribution in [2.24, 2.45) is 0 Å². The Bertz CT molecular complexity index is 748. The molecule has 0 bridgehead atoms. The fourth-order valence-electron chi connectivity index (χ4n) is 2.71. The fraction of sp³-hybridized carbons (Fsp3) is 0.400. The normalized spacial score (nSPS) is 14.9. The van der Waals surface area contributed by atoms with Crippen LogP contribution in [0.4, 0.5) is 0 Å². The van der Waals surface area contributed by atoms with Crippen molar-refractivity contribution in [1.29, 1.82) is 0 Å². The summed E-state index contributed by atoms with van der Waals surface area (Å²) in [6.07, 6.45) is 7.61. The van der Waals surface area contributed by atoms with Gasteiger partial charge in [0.2, 0.25) is 5.82 Å². The highest BCUT2D eigenvalue weighted by Crippen LogP contribution is 2.35. The number of hydrogen-bond donors (Lipinski definition) is 0. The molecule has 0 fully saturated rings. The van der Waals surface area contributed by atoms with Crippen LogP contribution in [0.25, 0.3) is 22.3 Å². The average Bonchev–Trinajstić information content (AvgIpc) is 3.16. The highest BCUT2D eigenvalue weighted by atomic mass is 32.1. The molecule has 1 aliphatic carbocycles. The summed E-state index contributed by atoms with van der Waals surface area (Å²) in [6, 6.07) is 2.21. The van der Waals surface area contributed by atoms with Crippen molar-refractivity contribution in [3.63, 3.8) is 0 Å². The Labute approximate surface area is 126 Å². The first-order chi connectivity index (χ1) is 10.3. The third-order valence-corrected chi connectivity index (χ3v) is 5.07. The summed E-state index contributed by atoms with van der Waals surface area (Å²) in [6.45, 7) is 1.84. The monoisotopic (exact) mass is 301 g/mol. The second kappa shape index (κ2) is 5.11. The van der Waals surface area contributed by atoms with Crippen LogP contribution in [-0.2, 0) is 12.8 Å². The summed E-state index contributed by atoms with van der Waals surface area (Å²) in [4.78, 5) is 11.1. The van der Waals surface area contributed by atoms with Crippen molar-refractivity contribution in [2.75, 3.05) is 0 Å². The quantitative estimate of drug-likeness (QED) is 0.669. The third kappa shape index (κ3) is 2.29. The van der Waals surface area contributed by atoms with E-state index in [1.807, 2.05) is 6.92 Å². The lowest BCUT2D eigenvalue weighted by molar-refractivity contribution is 0.433. The van der Waals surface area contributed by atoms with Crippen molar-refractivity contribution < 1.29 is 8.94 Å². The van der Waals surface area contributed by atoms with Gasteiger partial charge in [-0.1, -0.05) is 11.6 Å². The molecule has 3 aromatic heterocycles. The van der Waals surface area contributed by atoms with Crippen molar-refractivity contribution in [3.8, 4) is 22.3 Å². The maximum absolute atomic E-state index is 5.41. The molecule has 0 aromatic carbocycles. The summed E-state index contributed by atoms with van der Waals surface area (Å²) in [5, 5.41) is 4.02. The topological polar surface area (TPSA) is 65.0 Å². The van der Waals surface area contributed by atoms with E-state index in [2.05, 4.69) is 21.2 Å². The van der Waals surface area contributed by atoms with Gasteiger partial charge in [-0.15, -0.1) is 11.3 Å². The van der Waals surface area contributed by atoms with Crippen LogP contribution in [0.5, 0.6) is 0 Å². The van der Waals surface area contributed by atoms with E-state index in [0.717, 1.165) is 11.3 Å². The molecule has 3 heterocycles. The molecular formula is C15H15N3O2S. The lowest BCUT2D eigenvalue weighted by Crippen LogP contribution is -1.83. The van der Waals surface area contributed by atoms with Crippen LogP contribution >= 0.6 is 11.3 Å². The molecule has 0 unspecified atom stereocenters. The molecule has 0 saturated carbocycles. The van der Waals surface area contributed by atoms with Gasteiger partial charge in [0.05, 0.1) is 4.88 Å². The minimum atomic E-state index is 0.486. The summed E-state index contributed by atoms with van der Waals surface area (Å²) in [5.41, 5.74) is 2.09. The number of rotatable bonds is 2. The van der Waals surface area contributed by atoms with Gasteiger partial charge in [-0.3, -0.25) is 0 Å². The Kier molecular flexibility index (Phi) is 3.11. The van der Waals surface area contributed by atoms with Gasteiger partial charge < -0.3 is 8.94 Å². The molecule has 0 aliphatic heterocycles. The number of fused-ring (bicyclic) bond motifs is 1. The first-order valence-electron chi connectivity index (χ1n) is 7.17. The van der Waals surface area contributed by atoms with Crippen LogP contribution in [0.2, 0.25) is 0 Å². The SMILES string of the molecule is Cc1ocnc1-c1noc(-c2cc3c(s2)CCCCC3)n1. The zero-order chi connectivity index (χ0) is 14.2. The fourth-order valence-corrected chi connectivity index (χ4v) is 3.89. The van der Waals surface area contributed by atoms with Crippen LogP contribution in [0.15, 0.2) is 21.4 Å². The minimum Gasteiger partial charge on any atom is -0.448 e. The Balaban J connectivity index is 1.68. The zero-order valence-electron chi connectivity index (χ0n) is 11.8. The first-order valence-corrected chi connectivity index (χ1v) is 7.99. The number of hydrogen-bond acceptors (Lipinski definition) is 6. The van der Waals surface area contributed by atoms with Gasteiger partial charge >= 0.3 is 0 Å². The molecular weight excluding hydrogens is 286 g/mol. The van der Waals surface area contributed by atoms with E-state index in [-0.39, 0.29) is 0 Å². The largest absolute Gasteiger partial charge is 0.448 e. The van der Waals surface area contributed by atoms with Gasteiger partial charge in [-0.25, -0.2) is 4.98 Å². The molecule has 1 aliphatic rings. The number of aromatic nitrogens is 3. The molecule has 5 nitrogen and oxygen atoms in total. The van der Waals surface area contributed by atoms with Crippen molar-refractivity contribution in [2.45, 2.75) is 39.0 Å². The standard InChI is InChI=1S/C15H15N3O2S/c1-9-13(16-8-19-9)14-17-15(20-18-14)12-7-10-5-3-2-4-6-11(10)21-12/h7-8H,2-6H2,1H3. The predicted octanol–water partition coefficient (Wildman–Crippen LogP) is 4.03. The van der Waals surface area contributed by atoms with Crippen LogP contribution in [-0.4, -0.2) is 15.1 Å². The first kappa shape index (κ1) is 12.8. The molecule has 108 valence electrons. The highest BCUT2D eigenvalue weighted by molar-refractivity contribution is 7.15.